The van der Waals surface area contributed by atoms with Gasteiger partial charge in [-0.15, -0.1) is 0 Å². The van der Waals surface area contributed by atoms with Gasteiger partial charge in [0.1, 0.15) is 11.5 Å². The molecule has 0 aromatic heterocycles. The molecule has 43 heavy (non-hydrogen) atoms. The quantitative estimate of drug-likeness (QED) is 0.0760. The molecule has 0 heterocycles. The van der Waals surface area contributed by atoms with Gasteiger partial charge in [-0.1, -0.05) is 89.3 Å². The van der Waals surface area contributed by atoms with Crippen LogP contribution in [0.15, 0.2) is 60.7 Å². The second-order valence-electron chi connectivity index (χ2n) is 11.8. The number of unbranched alkanes of at least 4 members (excludes halogenated alkanes) is 3. The van der Waals surface area contributed by atoms with E-state index in [2.05, 4.69) is 20.8 Å². The van der Waals surface area contributed by atoms with Crippen LogP contribution < -0.4 is 9.47 Å². The minimum atomic E-state index is -0.923. The number of benzene rings is 2. The van der Waals surface area contributed by atoms with Crippen LogP contribution in [0.1, 0.15) is 106 Å². The van der Waals surface area contributed by atoms with Gasteiger partial charge in [0.2, 0.25) is 12.6 Å². The normalized spacial score (nSPS) is 14.8. The molecule has 2 aromatic carbocycles. The van der Waals surface area contributed by atoms with E-state index in [4.69, 9.17) is 23.7 Å². The molecule has 0 bridgehead atoms. The summed E-state index contributed by atoms with van der Waals surface area (Å²) in [5, 5.41) is 0. The van der Waals surface area contributed by atoms with E-state index in [1.807, 2.05) is 67.6 Å². The third-order valence-electron chi connectivity index (χ3n) is 7.62. The zero-order valence-electron chi connectivity index (χ0n) is 27.2. The molecular weight excluding hydrogens is 544 g/mol. The number of carbonyl (C=O) groups excluding carboxylic acids is 2. The van der Waals surface area contributed by atoms with Crippen molar-refractivity contribution in [1.29, 1.82) is 0 Å². The van der Waals surface area contributed by atoms with Crippen LogP contribution in [0.2, 0.25) is 0 Å². The summed E-state index contributed by atoms with van der Waals surface area (Å²) in [4.78, 5) is 26.8. The summed E-state index contributed by atoms with van der Waals surface area (Å²) in [7, 11) is 0. The van der Waals surface area contributed by atoms with Gasteiger partial charge in [0.05, 0.1) is 11.5 Å². The first-order chi connectivity index (χ1) is 20.7. The molecule has 4 atom stereocenters. The Morgan fingerprint density at radius 2 is 1.26 bits per heavy atom. The smallest absolute Gasteiger partial charge is 0.317 e. The summed E-state index contributed by atoms with van der Waals surface area (Å²) in [6.07, 6.45) is 5.77. The highest BCUT2D eigenvalue weighted by Gasteiger charge is 2.45. The van der Waals surface area contributed by atoms with Crippen LogP contribution in [0.3, 0.4) is 0 Å². The van der Waals surface area contributed by atoms with Gasteiger partial charge < -0.3 is 23.7 Å². The number of esters is 2. The molecule has 0 aliphatic carbocycles. The highest BCUT2D eigenvalue weighted by molar-refractivity contribution is 5.78. The molecule has 0 N–H and O–H groups in total. The van der Waals surface area contributed by atoms with E-state index in [1.54, 1.807) is 13.8 Å². The Morgan fingerprint density at radius 3 is 1.81 bits per heavy atom. The molecule has 4 unspecified atom stereocenters. The van der Waals surface area contributed by atoms with Crippen molar-refractivity contribution in [2.45, 2.75) is 124 Å². The molecule has 240 valence electrons. The summed E-state index contributed by atoms with van der Waals surface area (Å²) < 4.78 is 29.4. The maximum absolute atomic E-state index is 14.0. The molecule has 0 aliphatic rings. The minimum absolute atomic E-state index is 0.155. The number of para-hydroxylation sites is 2. The van der Waals surface area contributed by atoms with Crippen LogP contribution in [0, 0.1) is 11.3 Å². The SMILES string of the molecule is CCCCCC(CCCC(=O)OC(C)Oc1ccccc1)(C(=O)OC(C)Oc1ccccc1)C(C)OCCCCC(C)C. The second kappa shape index (κ2) is 20.0. The van der Waals surface area contributed by atoms with Gasteiger partial charge >= 0.3 is 11.9 Å². The lowest BCUT2D eigenvalue weighted by Crippen LogP contribution is -2.45. The van der Waals surface area contributed by atoms with Crippen molar-refractivity contribution in [2.24, 2.45) is 11.3 Å². The molecule has 0 radical (unpaired) electrons. The Kier molecular flexibility index (Phi) is 16.8. The Hall–Kier alpha value is -3.06. The average molecular weight is 599 g/mol. The Bertz CT molecular complexity index is 1030. The largest absolute Gasteiger partial charge is 0.455 e. The molecule has 0 fully saturated rings. The molecule has 7 heteroatoms. The van der Waals surface area contributed by atoms with Crippen molar-refractivity contribution in [3.05, 3.63) is 60.7 Å². The van der Waals surface area contributed by atoms with E-state index in [1.165, 1.54) is 0 Å². The van der Waals surface area contributed by atoms with Gasteiger partial charge in [0.15, 0.2) is 0 Å². The van der Waals surface area contributed by atoms with Crippen LogP contribution in [-0.2, 0) is 23.8 Å². The van der Waals surface area contributed by atoms with Crippen LogP contribution >= 0.6 is 0 Å². The van der Waals surface area contributed by atoms with Gasteiger partial charge in [-0.2, -0.15) is 0 Å². The highest BCUT2D eigenvalue weighted by Crippen LogP contribution is 2.39. The topological polar surface area (TPSA) is 80.3 Å². The molecule has 0 aliphatic heterocycles. The summed E-state index contributed by atoms with van der Waals surface area (Å²) in [5.41, 5.74) is -0.923. The van der Waals surface area contributed by atoms with E-state index < -0.39 is 24.1 Å². The average Bonchev–Trinajstić information content (AvgIpc) is 2.96. The van der Waals surface area contributed by atoms with Crippen molar-refractivity contribution < 1.29 is 33.3 Å². The predicted molar refractivity (Wildman–Crippen MR) is 170 cm³/mol. The van der Waals surface area contributed by atoms with Crippen LogP contribution in [0.4, 0.5) is 0 Å². The van der Waals surface area contributed by atoms with Crippen molar-refractivity contribution >= 4 is 11.9 Å². The van der Waals surface area contributed by atoms with Gasteiger partial charge in [-0.05, 0) is 62.8 Å². The number of rotatable bonds is 22. The van der Waals surface area contributed by atoms with E-state index in [0.29, 0.717) is 43.3 Å². The Morgan fingerprint density at radius 1 is 0.698 bits per heavy atom. The number of hydrogen-bond acceptors (Lipinski definition) is 7. The zero-order chi connectivity index (χ0) is 31.5. The molecule has 0 spiro atoms. The van der Waals surface area contributed by atoms with Crippen molar-refractivity contribution in [1.82, 2.24) is 0 Å². The molecule has 0 saturated heterocycles. The molecule has 7 nitrogen and oxygen atoms in total. The van der Waals surface area contributed by atoms with Crippen molar-refractivity contribution in [3.8, 4) is 11.5 Å². The Balaban J connectivity index is 2.11. The van der Waals surface area contributed by atoms with E-state index in [-0.39, 0.29) is 18.4 Å². The van der Waals surface area contributed by atoms with Gasteiger partial charge in [-0.25, -0.2) is 0 Å². The van der Waals surface area contributed by atoms with Crippen LogP contribution in [0.5, 0.6) is 11.5 Å². The summed E-state index contributed by atoms with van der Waals surface area (Å²) in [6.45, 7) is 12.5. The van der Waals surface area contributed by atoms with E-state index >= 15 is 0 Å². The molecule has 0 amide bonds. The monoisotopic (exact) mass is 598 g/mol. The standard InChI is InChI=1S/C36H54O7/c1-7-8-16-25-36(29(4)39-27-17-15-19-28(2)3,35(38)43-31(6)41-33-22-13-10-14-23-33)26-18-24-34(37)42-30(5)40-32-20-11-9-12-21-32/h9-14,20-23,28-31H,7-8,15-19,24-27H2,1-6H3. The minimum Gasteiger partial charge on any atom is -0.455 e. The maximum atomic E-state index is 14.0. The summed E-state index contributed by atoms with van der Waals surface area (Å²) in [6, 6.07) is 18.6. The third-order valence-corrected chi connectivity index (χ3v) is 7.62. The third kappa shape index (κ3) is 13.8. The lowest BCUT2D eigenvalue weighted by Gasteiger charge is -2.38. The van der Waals surface area contributed by atoms with Crippen molar-refractivity contribution in [3.63, 3.8) is 0 Å². The fourth-order valence-corrected chi connectivity index (χ4v) is 5.16. The van der Waals surface area contributed by atoms with Gasteiger partial charge in [0, 0.05) is 26.9 Å². The predicted octanol–water partition coefficient (Wildman–Crippen LogP) is 8.89. The summed E-state index contributed by atoms with van der Waals surface area (Å²) in [5.74, 6) is 1.18. The highest BCUT2D eigenvalue weighted by atomic mass is 16.7. The molecule has 2 aromatic rings. The molecular formula is C36H54O7. The molecule has 2 rings (SSSR count). The first kappa shape index (κ1) is 36.1. The number of ether oxygens (including phenoxy) is 5. The lowest BCUT2D eigenvalue weighted by atomic mass is 9.73. The first-order valence-electron chi connectivity index (χ1n) is 16.1. The van der Waals surface area contributed by atoms with E-state index in [0.717, 1.165) is 38.5 Å². The van der Waals surface area contributed by atoms with E-state index in [9.17, 15) is 9.59 Å². The fourth-order valence-electron chi connectivity index (χ4n) is 5.16. The maximum Gasteiger partial charge on any atom is 0.317 e. The lowest BCUT2D eigenvalue weighted by molar-refractivity contribution is -0.186. The van der Waals surface area contributed by atoms with Gasteiger partial charge in [0.25, 0.3) is 0 Å². The van der Waals surface area contributed by atoms with Crippen LogP contribution in [-0.4, -0.2) is 37.2 Å². The summed E-state index contributed by atoms with van der Waals surface area (Å²) >= 11 is 0. The van der Waals surface area contributed by atoms with Crippen LogP contribution in [0.25, 0.3) is 0 Å². The number of hydrogen-bond donors (Lipinski definition) is 0. The fraction of sp³-hybridized carbons (Fsp3) is 0.611. The Labute approximate surface area is 259 Å². The number of carbonyl (C=O) groups is 2. The molecule has 0 saturated carbocycles. The van der Waals surface area contributed by atoms with Gasteiger partial charge in [-0.3, -0.25) is 9.59 Å². The first-order valence-corrected chi connectivity index (χ1v) is 16.1. The second-order valence-corrected chi connectivity index (χ2v) is 11.8. The zero-order valence-corrected chi connectivity index (χ0v) is 27.2. The van der Waals surface area contributed by atoms with Crippen molar-refractivity contribution in [2.75, 3.05) is 6.61 Å².